The van der Waals surface area contributed by atoms with E-state index in [4.69, 9.17) is 10.5 Å². The van der Waals surface area contributed by atoms with Crippen molar-refractivity contribution in [2.24, 2.45) is 0 Å². The van der Waals surface area contributed by atoms with Gasteiger partial charge in [0.15, 0.2) is 5.75 Å². The lowest BCUT2D eigenvalue weighted by molar-refractivity contribution is -0.131. The lowest BCUT2D eigenvalue weighted by Gasteiger charge is -2.09. The van der Waals surface area contributed by atoms with Crippen molar-refractivity contribution in [2.75, 3.05) is 5.73 Å². The van der Waals surface area contributed by atoms with Gasteiger partial charge < -0.3 is 15.0 Å². The number of nitrogen functional groups attached to an aromatic ring is 1. The van der Waals surface area contributed by atoms with Gasteiger partial charge in [0, 0.05) is 41.5 Å². The first-order valence-electron chi connectivity index (χ1n) is 6.60. The van der Waals surface area contributed by atoms with E-state index in [1.807, 2.05) is 18.2 Å². The van der Waals surface area contributed by atoms with Gasteiger partial charge in [-0.25, -0.2) is 0 Å². The van der Waals surface area contributed by atoms with E-state index in [1.165, 1.54) is 6.92 Å². The van der Waals surface area contributed by atoms with Gasteiger partial charge in [0.1, 0.15) is 0 Å². The van der Waals surface area contributed by atoms with Crippen molar-refractivity contribution < 1.29 is 9.53 Å². The zero-order valence-electron chi connectivity index (χ0n) is 11.5. The summed E-state index contributed by atoms with van der Waals surface area (Å²) in [5.41, 5.74) is 8.56. The van der Waals surface area contributed by atoms with Crippen LogP contribution < -0.4 is 10.5 Å². The van der Waals surface area contributed by atoms with Crippen molar-refractivity contribution in [3.05, 3.63) is 36.4 Å². The van der Waals surface area contributed by atoms with Gasteiger partial charge in [0.25, 0.3) is 0 Å². The predicted molar refractivity (Wildman–Crippen MR) is 80.8 cm³/mol. The first kappa shape index (κ1) is 12.5. The van der Waals surface area contributed by atoms with Crippen LogP contribution in [0.2, 0.25) is 0 Å². The van der Waals surface area contributed by atoms with E-state index in [0.717, 1.165) is 28.4 Å². The zero-order chi connectivity index (χ0) is 14.3. The summed E-state index contributed by atoms with van der Waals surface area (Å²) in [4.78, 5) is 11.3. The molecule has 0 saturated carbocycles. The molecule has 0 radical (unpaired) electrons. The van der Waals surface area contributed by atoms with Crippen LogP contribution in [-0.2, 0) is 11.3 Å². The number of anilines is 1. The summed E-state index contributed by atoms with van der Waals surface area (Å²) in [6.45, 7) is 4.26. The number of hydrogen-bond acceptors (Lipinski definition) is 3. The molecule has 102 valence electrons. The molecule has 20 heavy (non-hydrogen) atoms. The Bertz CT molecular complexity index is 818. The maximum Gasteiger partial charge on any atom is 0.308 e. The largest absolute Gasteiger partial charge is 0.424 e. The highest BCUT2D eigenvalue weighted by Gasteiger charge is 2.15. The summed E-state index contributed by atoms with van der Waals surface area (Å²) in [5.74, 6) is 0.176. The lowest BCUT2D eigenvalue weighted by Crippen LogP contribution is -2.04. The fourth-order valence-electron chi connectivity index (χ4n) is 2.73. The molecular formula is C16H16N2O2. The second-order valence-corrected chi connectivity index (χ2v) is 4.77. The van der Waals surface area contributed by atoms with Crippen molar-refractivity contribution in [3.63, 3.8) is 0 Å². The second kappa shape index (κ2) is 4.56. The second-order valence-electron chi connectivity index (χ2n) is 4.77. The Labute approximate surface area is 116 Å². The third kappa shape index (κ3) is 1.81. The summed E-state index contributed by atoms with van der Waals surface area (Å²) in [6.07, 6.45) is 0. The average molecular weight is 268 g/mol. The SMILES string of the molecule is CCn1c2ccccc2c2cc(N)cc(OC(C)=O)c21. The zero-order valence-corrected chi connectivity index (χ0v) is 11.5. The van der Waals surface area contributed by atoms with Crippen LogP contribution in [0.1, 0.15) is 13.8 Å². The number of aryl methyl sites for hydroxylation is 1. The summed E-state index contributed by atoms with van der Waals surface area (Å²) < 4.78 is 7.48. The number of ether oxygens (including phenoxy) is 1. The summed E-state index contributed by atoms with van der Waals surface area (Å²) >= 11 is 0. The van der Waals surface area contributed by atoms with Crippen LogP contribution in [0.5, 0.6) is 5.75 Å². The molecule has 0 aliphatic carbocycles. The monoisotopic (exact) mass is 268 g/mol. The molecule has 0 aliphatic heterocycles. The summed E-state index contributed by atoms with van der Waals surface area (Å²) in [7, 11) is 0. The predicted octanol–water partition coefficient (Wildman–Crippen LogP) is 3.32. The molecule has 2 aromatic carbocycles. The standard InChI is InChI=1S/C16H16N2O2/c1-3-18-14-7-5-4-6-12(14)13-8-11(17)9-15(16(13)18)20-10(2)19/h4-9H,3,17H2,1-2H3. The van der Waals surface area contributed by atoms with Crippen molar-refractivity contribution in [1.82, 2.24) is 4.57 Å². The molecule has 0 bridgehead atoms. The van der Waals surface area contributed by atoms with Crippen LogP contribution in [0.25, 0.3) is 21.8 Å². The molecule has 1 heterocycles. The van der Waals surface area contributed by atoms with Gasteiger partial charge in [-0.05, 0) is 19.1 Å². The molecule has 0 fully saturated rings. The number of fused-ring (bicyclic) bond motifs is 3. The Hall–Kier alpha value is -2.49. The van der Waals surface area contributed by atoms with Crippen LogP contribution in [-0.4, -0.2) is 10.5 Å². The molecule has 0 amide bonds. The first-order chi connectivity index (χ1) is 9.61. The van der Waals surface area contributed by atoms with Gasteiger partial charge in [-0.3, -0.25) is 4.79 Å². The number of carbonyl (C=O) groups is 1. The lowest BCUT2D eigenvalue weighted by atomic mass is 10.1. The van der Waals surface area contributed by atoms with E-state index in [0.29, 0.717) is 11.4 Å². The van der Waals surface area contributed by atoms with E-state index in [9.17, 15) is 4.79 Å². The Balaban J connectivity index is 2.48. The average Bonchev–Trinajstić information content (AvgIpc) is 2.72. The third-order valence-corrected chi connectivity index (χ3v) is 3.42. The number of carbonyl (C=O) groups excluding carboxylic acids is 1. The molecular weight excluding hydrogens is 252 g/mol. The van der Waals surface area contributed by atoms with Crippen molar-refractivity contribution in [3.8, 4) is 5.75 Å². The van der Waals surface area contributed by atoms with E-state index in [2.05, 4.69) is 23.6 Å². The van der Waals surface area contributed by atoms with Crippen molar-refractivity contribution in [2.45, 2.75) is 20.4 Å². The number of nitrogens with zero attached hydrogens (tertiary/aromatic N) is 1. The summed E-state index contributed by atoms with van der Waals surface area (Å²) in [6, 6.07) is 11.7. The molecule has 0 atom stereocenters. The first-order valence-corrected chi connectivity index (χ1v) is 6.60. The number of rotatable bonds is 2. The van der Waals surface area contributed by atoms with E-state index in [1.54, 1.807) is 6.07 Å². The number of benzene rings is 2. The third-order valence-electron chi connectivity index (χ3n) is 3.42. The number of hydrogen-bond donors (Lipinski definition) is 1. The van der Waals surface area contributed by atoms with E-state index < -0.39 is 0 Å². The fraction of sp³-hybridized carbons (Fsp3) is 0.188. The number of esters is 1. The van der Waals surface area contributed by atoms with Gasteiger partial charge in [0.2, 0.25) is 0 Å². The van der Waals surface area contributed by atoms with Crippen LogP contribution >= 0.6 is 0 Å². The topological polar surface area (TPSA) is 57.2 Å². The van der Waals surface area contributed by atoms with Crippen molar-refractivity contribution >= 4 is 33.5 Å². The molecule has 0 aliphatic rings. The maximum absolute atomic E-state index is 11.3. The summed E-state index contributed by atoms with van der Waals surface area (Å²) in [5, 5.41) is 2.13. The molecule has 4 heteroatoms. The minimum Gasteiger partial charge on any atom is -0.424 e. The van der Waals surface area contributed by atoms with Crippen molar-refractivity contribution in [1.29, 1.82) is 0 Å². The Kier molecular flexibility index (Phi) is 2.86. The van der Waals surface area contributed by atoms with Crippen LogP contribution in [0.3, 0.4) is 0 Å². The maximum atomic E-state index is 11.3. The molecule has 1 aromatic heterocycles. The Morgan fingerprint density at radius 1 is 1.25 bits per heavy atom. The molecule has 3 rings (SSSR count). The molecule has 4 nitrogen and oxygen atoms in total. The minimum atomic E-state index is -0.343. The minimum absolute atomic E-state index is 0.343. The molecule has 0 saturated heterocycles. The van der Waals surface area contributed by atoms with Gasteiger partial charge in [0.05, 0.1) is 5.52 Å². The molecule has 0 unspecified atom stereocenters. The molecule has 2 N–H and O–H groups in total. The van der Waals surface area contributed by atoms with Gasteiger partial charge >= 0.3 is 5.97 Å². The van der Waals surface area contributed by atoms with Gasteiger partial charge in [-0.2, -0.15) is 0 Å². The van der Waals surface area contributed by atoms with E-state index >= 15 is 0 Å². The highest BCUT2D eigenvalue weighted by Crippen LogP contribution is 2.36. The van der Waals surface area contributed by atoms with Gasteiger partial charge in [-0.1, -0.05) is 18.2 Å². The van der Waals surface area contributed by atoms with Crippen LogP contribution in [0.4, 0.5) is 5.69 Å². The van der Waals surface area contributed by atoms with Crippen LogP contribution in [0, 0.1) is 0 Å². The highest BCUT2D eigenvalue weighted by atomic mass is 16.5. The quantitative estimate of drug-likeness (QED) is 0.440. The number of nitrogens with two attached hydrogens (primary N) is 1. The van der Waals surface area contributed by atoms with Crippen LogP contribution in [0.15, 0.2) is 36.4 Å². The number of para-hydroxylation sites is 1. The molecule has 0 spiro atoms. The van der Waals surface area contributed by atoms with E-state index in [-0.39, 0.29) is 5.97 Å². The Morgan fingerprint density at radius 3 is 2.70 bits per heavy atom. The number of aromatic nitrogens is 1. The fourth-order valence-corrected chi connectivity index (χ4v) is 2.73. The smallest absolute Gasteiger partial charge is 0.308 e. The Morgan fingerprint density at radius 2 is 2.00 bits per heavy atom. The van der Waals surface area contributed by atoms with Gasteiger partial charge in [-0.15, -0.1) is 0 Å². The highest BCUT2D eigenvalue weighted by molar-refractivity contribution is 6.11. The molecule has 3 aromatic rings. The normalized spacial score (nSPS) is 11.1.